The average Bonchev–Trinajstić information content (AvgIpc) is 3.32. The molecule has 3 heterocycles. The van der Waals surface area contributed by atoms with Crippen molar-refractivity contribution in [3.05, 3.63) is 87.2 Å². The summed E-state index contributed by atoms with van der Waals surface area (Å²) in [6.45, 7) is 9.75. The number of nitrogens with zero attached hydrogens (tertiary/aromatic N) is 5. The van der Waals surface area contributed by atoms with E-state index in [1.165, 1.54) is 0 Å². The van der Waals surface area contributed by atoms with E-state index in [0.29, 0.717) is 37.3 Å². The van der Waals surface area contributed by atoms with Crippen LogP contribution in [0.4, 0.5) is 0 Å². The summed E-state index contributed by atoms with van der Waals surface area (Å²) in [6.07, 6.45) is 0.624. The second kappa shape index (κ2) is 9.76. The first kappa shape index (κ1) is 24.6. The quantitative estimate of drug-likeness (QED) is 0.419. The molecule has 37 heavy (non-hydrogen) atoms. The second-order valence-electron chi connectivity index (χ2n) is 9.82. The maximum Gasteiger partial charge on any atom is 0.304 e. The molecule has 8 nitrogen and oxygen atoms in total. The zero-order chi connectivity index (χ0) is 26.3. The topological polar surface area (TPSA) is 101 Å². The summed E-state index contributed by atoms with van der Waals surface area (Å²) in [7, 11) is 0. The van der Waals surface area contributed by atoms with Crippen molar-refractivity contribution in [2.24, 2.45) is 0 Å². The van der Waals surface area contributed by atoms with Crippen LogP contribution in [0.15, 0.2) is 42.5 Å². The standard InChI is InChI=1S/C29H31N5O3/c1-5-34-26-11-9-22(19(4)28(26)31-32-34)23(15-27(35)36)24-10-8-20-12-13-33(16-25(20)30-24)29(37)21-7-6-17(2)18(3)14-21/h6-11,14,23H,5,12-13,15-16H2,1-4H3,(H,35,36). The molecule has 0 radical (unpaired) electrons. The van der Waals surface area contributed by atoms with Crippen molar-refractivity contribution in [3.63, 3.8) is 0 Å². The molecule has 0 fully saturated rings. The lowest BCUT2D eigenvalue weighted by Crippen LogP contribution is -2.36. The van der Waals surface area contributed by atoms with Gasteiger partial charge in [0.05, 0.1) is 24.2 Å². The highest BCUT2D eigenvalue weighted by Crippen LogP contribution is 2.33. The molecule has 1 amide bonds. The van der Waals surface area contributed by atoms with Crippen molar-refractivity contribution in [2.45, 2.75) is 59.5 Å². The van der Waals surface area contributed by atoms with Crippen LogP contribution in [0.25, 0.3) is 11.0 Å². The Morgan fingerprint density at radius 3 is 2.59 bits per heavy atom. The van der Waals surface area contributed by atoms with E-state index in [4.69, 9.17) is 4.98 Å². The summed E-state index contributed by atoms with van der Waals surface area (Å²) in [4.78, 5) is 31.9. The molecule has 1 aliphatic heterocycles. The molecule has 1 atom stereocenters. The smallest absolute Gasteiger partial charge is 0.304 e. The predicted molar refractivity (Wildman–Crippen MR) is 141 cm³/mol. The van der Waals surface area contributed by atoms with Crippen molar-refractivity contribution < 1.29 is 14.7 Å². The summed E-state index contributed by atoms with van der Waals surface area (Å²) in [5, 5.41) is 18.3. The Labute approximate surface area is 215 Å². The van der Waals surface area contributed by atoms with Crippen LogP contribution in [0.1, 0.15) is 68.8 Å². The minimum atomic E-state index is -0.896. The second-order valence-corrected chi connectivity index (χ2v) is 9.82. The average molecular weight is 498 g/mol. The maximum atomic E-state index is 13.3. The molecule has 0 bridgehead atoms. The molecular formula is C29H31N5O3. The van der Waals surface area contributed by atoms with Gasteiger partial charge in [0.25, 0.3) is 5.91 Å². The normalized spacial score (nSPS) is 14.0. The third kappa shape index (κ3) is 4.59. The van der Waals surface area contributed by atoms with Gasteiger partial charge >= 0.3 is 5.97 Å². The van der Waals surface area contributed by atoms with Gasteiger partial charge in [0.1, 0.15) is 5.52 Å². The van der Waals surface area contributed by atoms with E-state index in [0.717, 1.165) is 44.5 Å². The lowest BCUT2D eigenvalue weighted by atomic mass is 9.87. The minimum absolute atomic E-state index is 0.0108. The molecule has 1 N–H and O–H groups in total. The number of pyridine rings is 1. The molecule has 1 unspecified atom stereocenters. The Morgan fingerprint density at radius 1 is 1.05 bits per heavy atom. The van der Waals surface area contributed by atoms with Gasteiger partial charge in [-0.3, -0.25) is 14.6 Å². The Kier molecular flexibility index (Phi) is 6.50. The number of amides is 1. The van der Waals surface area contributed by atoms with E-state index < -0.39 is 11.9 Å². The van der Waals surface area contributed by atoms with Crippen LogP contribution >= 0.6 is 0 Å². The molecule has 1 aliphatic rings. The third-order valence-electron chi connectivity index (χ3n) is 7.52. The van der Waals surface area contributed by atoms with Gasteiger partial charge in [-0.05, 0) is 86.2 Å². The van der Waals surface area contributed by atoms with Crippen LogP contribution < -0.4 is 0 Å². The first-order chi connectivity index (χ1) is 17.8. The third-order valence-corrected chi connectivity index (χ3v) is 7.52. The van der Waals surface area contributed by atoms with Gasteiger partial charge in [-0.1, -0.05) is 23.4 Å². The number of rotatable bonds is 6. The summed E-state index contributed by atoms with van der Waals surface area (Å²) in [6, 6.07) is 13.7. The number of hydrogen-bond acceptors (Lipinski definition) is 5. The largest absolute Gasteiger partial charge is 0.481 e. The monoisotopic (exact) mass is 497 g/mol. The van der Waals surface area contributed by atoms with Crippen LogP contribution in [0.5, 0.6) is 0 Å². The lowest BCUT2D eigenvalue weighted by Gasteiger charge is -2.29. The molecule has 4 aromatic rings. The van der Waals surface area contributed by atoms with Crippen molar-refractivity contribution in [1.29, 1.82) is 0 Å². The highest BCUT2D eigenvalue weighted by atomic mass is 16.4. The number of carboxylic acid groups (broad SMARTS) is 1. The molecule has 8 heteroatoms. The number of carboxylic acids is 1. The van der Waals surface area contributed by atoms with Crippen molar-refractivity contribution in [1.82, 2.24) is 24.9 Å². The number of carbonyl (C=O) groups excluding carboxylic acids is 1. The Hall–Kier alpha value is -4.07. The number of carbonyl (C=O) groups is 2. The van der Waals surface area contributed by atoms with Crippen LogP contribution in [-0.4, -0.2) is 48.4 Å². The van der Waals surface area contributed by atoms with Crippen LogP contribution in [-0.2, 0) is 24.3 Å². The zero-order valence-electron chi connectivity index (χ0n) is 21.7. The fraction of sp³-hybridized carbons (Fsp3) is 0.345. The molecule has 190 valence electrons. The minimum Gasteiger partial charge on any atom is -0.481 e. The van der Waals surface area contributed by atoms with Gasteiger partial charge in [0.15, 0.2) is 0 Å². The SMILES string of the molecule is CCn1nnc2c(C)c(C(CC(=O)O)c3ccc4c(n3)CN(C(=O)c3ccc(C)c(C)c3)CC4)ccc21. The first-order valence-electron chi connectivity index (χ1n) is 12.7. The summed E-state index contributed by atoms with van der Waals surface area (Å²) < 4.78 is 1.83. The molecule has 0 saturated carbocycles. The predicted octanol–water partition coefficient (Wildman–Crippen LogP) is 4.58. The molecule has 2 aromatic carbocycles. The van der Waals surface area contributed by atoms with Crippen LogP contribution in [0.2, 0.25) is 0 Å². The highest BCUT2D eigenvalue weighted by molar-refractivity contribution is 5.94. The van der Waals surface area contributed by atoms with Gasteiger partial charge < -0.3 is 10.0 Å². The Balaban J connectivity index is 1.49. The number of aromatic nitrogens is 4. The van der Waals surface area contributed by atoms with E-state index in [1.807, 2.05) is 79.7 Å². The van der Waals surface area contributed by atoms with E-state index in [2.05, 4.69) is 10.3 Å². The van der Waals surface area contributed by atoms with Gasteiger partial charge in [-0.2, -0.15) is 0 Å². The molecule has 0 saturated heterocycles. The van der Waals surface area contributed by atoms with Crippen LogP contribution in [0.3, 0.4) is 0 Å². The van der Waals surface area contributed by atoms with Gasteiger partial charge in [0, 0.05) is 30.3 Å². The van der Waals surface area contributed by atoms with E-state index in [9.17, 15) is 14.7 Å². The Morgan fingerprint density at radius 2 is 1.86 bits per heavy atom. The van der Waals surface area contributed by atoms with Gasteiger partial charge in [-0.25, -0.2) is 4.68 Å². The van der Waals surface area contributed by atoms with E-state index in [1.54, 1.807) is 0 Å². The molecule has 5 rings (SSSR count). The van der Waals surface area contributed by atoms with E-state index in [-0.39, 0.29) is 12.3 Å². The summed E-state index contributed by atoms with van der Waals surface area (Å²) >= 11 is 0. The number of benzene rings is 2. The number of fused-ring (bicyclic) bond motifs is 2. The molecule has 2 aromatic heterocycles. The summed E-state index contributed by atoms with van der Waals surface area (Å²) in [5.74, 6) is -1.35. The summed E-state index contributed by atoms with van der Waals surface area (Å²) in [5.41, 5.74) is 9.02. The van der Waals surface area contributed by atoms with Gasteiger partial charge in [-0.15, -0.1) is 5.10 Å². The van der Waals surface area contributed by atoms with E-state index >= 15 is 0 Å². The number of aryl methyl sites for hydroxylation is 4. The fourth-order valence-corrected chi connectivity index (χ4v) is 5.19. The first-order valence-corrected chi connectivity index (χ1v) is 12.7. The molecule has 0 aliphatic carbocycles. The lowest BCUT2D eigenvalue weighted by molar-refractivity contribution is -0.137. The number of aliphatic carboxylic acids is 1. The maximum absolute atomic E-state index is 13.3. The zero-order valence-corrected chi connectivity index (χ0v) is 21.7. The number of hydrogen-bond donors (Lipinski definition) is 1. The molecule has 0 spiro atoms. The highest BCUT2D eigenvalue weighted by Gasteiger charge is 2.27. The molecular weight excluding hydrogens is 466 g/mol. The Bertz CT molecular complexity index is 1520. The van der Waals surface area contributed by atoms with Crippen molar-refractivity contribution >= 4 is 22.9 Å². The fourth-order valence-electron chi connectivity index (χ4n) is 5.19. The van der Waals surface area contributed by atoms with Gasteiger partial charge in [0.2, 0.25) is 0 Å². The van der Waals surface area contributed by atoms with Crippen molar-refractivity contribution in [2.75, 3.05) is 6.54 Å². The van der Waals surface area contributed by atoms with Crippen molar-refractivity contribution in [3.8, 4) is 0 Å². The van der Waals surface area contributed by atoms with Crippen LogP contribution in [0, 0.1) is 20.8 Å².